The highest BCUT2D eigenvalue weighted by atomic mass is 16.3. The summed E-state index contributed by atoms with van der Waals surface area (Å²) >= 11 is 0. The van der Waals surface area contributed by atoms with Crippen molar-refractivity contribution < 1.29 is 5.11 Å². The molecule has 0 bridgehead atoms. The topological polar surface area (TPSA) is 20.2 Å². The maximum atomic E-state index is 8.88. The van der Waals surface area contributed by atoms with E-state index in [2.05, 4.69) is 26.0 Å². The lowest BCUT2D eigenvalue weighted by molar-refractivity contribution is 0.281. The third-order valence-corrected chi connectivity index (χ3v) is 2.11. The number of hydrogen-bond donors (Lipinski definition) is 1. The molecule has 1 rings (SSSR count). The van der Waals surface area contributed by atoms with E-state index in [0.717, 1.165) is 12.0 Å². The lowest BCUT2D eigenvalue weighted by Gasteiger charge is -2.05. The summed E-state index contributed by atoms with van der Waals surface area (Å²) in [6.45, 7) is 8.43. The van der Waals surface area contributed by atoms with E-state index in [1.165, 1.54) is 17.5 Å². The number of rotatable bonds is 3. The minimum Gasteiger partial charge on any atom is -0.392 e. The van der Waals surface area contributed by atoms with E-state index in [1.807, 2.05) is 19.9 Å². The van der Waals surface area contributed by atoms with Crippen LogP contribution < -0.4 is 0 Å². The van der Waals surface area contributed by atoms with Crippen LogP contribution in [-0.2, 0) is 13.0 Å². The van der Waals surface area contributed by atoms with Crippen molar-refractivity contribution in [2.45, 2.75) is 47.1 Å². The van der Waals surface area contributed by atoms with Gasteiger partial charge in [-0.1, -0.05) is 45.4 Å². The molecule has 0 spiro atoms. The van der Waals surface area contributed by atoms with Crippen molar-refractivity contribution >= 4 is 0 Å². The normalized spacial score (nSPS) is 9.21. The van der Waals surface area contributed by atoms with E-state index >= 15 is 0 Å². The second-order valence-corrected chi connectivity index (χ2v) is 3.17. The molecular weight excluding hydrogens is 172 g/mol. The first kappa shape index (κ1) is 13.2. The summed E-state index contributed by atoms with van der Waals surface area (Å²) in [6.07, 6.45) is 2.32. The molecule has 1 N–H and O–H groups in total. The molecule has 80 valence electrons. The monoisotopic (exact) mass is 194 g/mol. The maximum Gasteiger partial charge on any atom is 0.0681 e. The van der Waals surface area contributed by atoms with Gasteiger partial charge >= 0.3 is 0 Å². The van der Waals surface area contributed by atoms with Crippen molar-refractivity contribution in [3.63, 3.8) is 0 Å². The second kappa shape index (κ2) is 7.57. The smallest absolute Gasteiger partial charge is 0.0681 e. The Morgan fingerprint density at radius 1 is 1.21 bits per heavy atom. The van der Waals surface area contributed by atoms with Crippen molar-refractivity contribution in [2.24, 2.45) is 0 Å². The molecule has 0 saturated carbocycles. The van der Waals surface area contributed by atoms with E-state index < -0.39 is 0 Å². The summed E-state index contributed by atoms with van der Waals surface area (Å²) in [6, 6.07) is 6.17. The summed E-state index contributed by atoms with van der Waals surface area (Å²) in [5, 5.41) is 8.88. The molecule has 14 heavy (non-hydrogen) atoms. The fourth-order valence-corrected chi connectivity index (χ4v) is 1.41. The first-order valence-corrected chi connectivity index (χ1v) is 5.47. The van der Waals surface area contributed by atoms with E-state index in [4.69, 9.17) is 5.11 Å². The Kier molecular flexibility index (Phi) is 7.13. The molecule has 1 aromatic rings. The van der Waals surface area contributed by atoms with Crippen LogP contribution in [0.15, 0.2) is 18.2 Å². The molecule has 0 aliphatic heterocycles. The minimum atomic E-state index is 0.146. The lowest BCUT2D eigenvalue weighted by atomic mass is 10.0. The predicted molar refractivity (Wildman–Crippen MR) is 62.4 cm³/mol. The van der Waals surface area contributed by atoms with Gasteiger partial charge in [0, 0.05) is 0 Å². The van der Waals surface area contributed by atoms with Gasteiger partial charge in [-0.05, 0) is 30.0 Å². The van der Waals surface area contributed by atoms with E-state index in [1.54, 1.807) is 0 Å². The molecule has 0 saturated heterocycles. The standard InChI is InChI=1S/C11H16O.C2H6/c1-3-4-11-6-5-10(8-12)7-9(11)2;1-2/h5-7,12H,3-4,8H2,1-2H3;1-2H3. The van der Waals surface area contributed by atoms with E-state index in [0.29, 0.717) is 0 Å². The van der Waals surface area contributed by atoms with Crippen molar-refractivity contribution in [1.29, 1.82) is 0 Å². The zero-order valence-electron chi connectivity index (χ0n) is 9.80. The Balaban J connectivity index is 0.000000791. The molecule has 0 atom stereocenters. The Hall–Kier alpha value is -0.820. The van der Waals surface area contributed by atoms with Crippen molar-refractivity contribution in [2.75, 3.05) is 0 Å². The van der Waals surface area contributed by atoms with Gasteiger partial charge in [0.2, 0.25) is 0 Å². The predicted octanol–water partition coefficient (Wildman–Crippen LogP) is 3.47. The Morgan fingerprint density at radius 2 is 1.86 bits per heavy atom. The summed E-state index contributed by atoms with van der Waals surface area (Å²) in [5.74, 6) is 0. The fraction of sp³-hybridized carbons (Fsp3) is 0.538. The molecule has 0 amide bonds. The van der Waals surface area contributed by atoms with Crippen LogP contribution in [0.25, 0.3) is 0 Å². The largest absolute Gasteiger partial charge is 0.392 e. The Labute approximate surface area is 87.8 Å². The molecule has 0 aromatic heterocycles. The van der Waals surface area contributed by atoms with Gasteiger partial charge in [0.15, 0.2) is 0 Å². The van der Waals surface area contributed by atoms with Crippen molar-refractivity contribution in [1.82, 2.24) is 0 Å². The highest BCUT2D eigenvalue weighted by molar-refractivity contribution is 5.30. The van der Waals surface area contributed by atoms with Gasteiger partial charge in [0.1, 0.15) is 0 Å². The molecule has 0 aliphatic carbocycles. The summed E-state index contributed by atoms with van der Waals surface area (Å²) in [4.78, 5) is 0. The van der Waals surface area contributed by atoms with Crippen LogP contribution in [0, 0.1) is 6.92 Å². The summed E-state index contributed by atoms with van der Waals surface area (Å²) < 4.78 is 0. The lowest BCUT2D eigenvalue weighted by Crippen LogP contribution is -1.91. The Morgan fingerprint density at radius 3 is 2.29 bits per heavy atom. The van der Waals surface area contributed by atoms with Gasteiger partial charge in [-0.3, -0.25) is 0 Å². The number of benzene rings is 1. The first-order valence-electron chi connectivity index (χ1n) is 5.47. The number of hydrogen-bond acceptors (Lipinski definition) is 1. The molecular formula is C13H22O. The average molecular weight is 194 g/mol. The van der Waals surface area contributed by atoms with Crippen molar-refractivity contribution in [3.05, 3.63) is 34.9 Å². The van der Waals surface area contributed by atoms with Crippen LogP contribution in [0.2, 0.25) is 0 Å². The molecule has 0 heterocycles. The molecule has 1 nitrogen and oxygen atoms in total. The van der Waals surface area contributed by atoms with Gasteiger partial charge in [0.25, 0.3) is 0 Å². The average Bonchev–Trinajstić information content (AvgIpc) is 2.24. The van der Waals surface area contributed by atoms with E-state index in [-0.39, 0.29) is 6.61 Å². The van der Waals surface area contributed by atoms with Crippen LogP contribution >= 0.6 is 0 Å². The van der Waals surface area contributed by atoms with Gasteiger partial charge in [-0.15, -0.1) is 0 Å². The minimum absolute atomic E-state index is 0.146. The van der Waals surface area contributed by atoms with Gasteiger partial charge in [-0.2, -0.15) is 0 Å². The summed E-state index contributed by atoms with van der Waals surface area (Å²) in [7, 11) is 0. The van der Waals surface area contributed by atoms with Gasteiger partial charge in [-0.25, -0.2) is 0 Å². The quantitative estimate of drug-likeness (QED) is 0.781. The number of aliphatic hydroxyl groups excluding tert-OH is 1. The SMILES string of the molecule is CC.CCCc1ccc(CO)cc1C. The fourth-order valence-electron chi connectivity index (χ4n) is 1.41. The van der Waals surface area contributed by atoms with Crippen LogP contribution in [0.5, 0.6) is 0 Å². The first-order chi connectivity index (χ1) is 6.77. The van der Waals surface area contributed by atoms with E-state index in [9.17, 15) is 0 Å². The highest BCUT2D eigenvalue weighted by Gasteiger charge is 1.97. The molecule has 1 aromatic carbocycles. The van der Waals surface area contributed by atoms with Crippen LogP contribution in [0.3, 0.4) is 0 Å². The van der Waals surface area contributed by atoms with Gasteiger partial charge < -0.3 is 5.11 Å². The summed E-state index contributed by atoms with van der Waals surface area (Å²) in [5.41, 5.74) is 3.70. The number of aryl methyl sites for hydroxylation is 2. The zero-order valence-corrected chi connectivity index (χ0v) is 9.80. The molecule has 0 unspecified atom stereocenters. The third-order valence-electron chi connectivity index (χ3n) is 2.11. The zero-order chi connectivity index (χ0) is 11.0. The number of aliphatic hydroxyl groups is 1. The van der Waals surface area contributed by atoms with Crippen LogP contribution in [0.4, 0.5) is 0 Å². The van der Waals surface area contributed by atoms with Crippen LogP contribution in [0.1, 0.15) is 43.9 Å². The second-order valence-electron chi connectivity index (χ2n) is 3.17. The highest BCUT2D eigenvalue weighted by Crippen LogP contribution is 2.12. The van der Waals surface area contributed by atoms with Crippen LogP contribution in [-0.4, -0.2) is 5.11 Å². The van der Waals surface area contributed by atoms with Crippen molar-refractivity contribution in [3.8, 4) is 0 Å². The Bertz CT molecular complexity index is 253. The molecule has 0 radical (unpaired) electrons. The third kappa shape index (κ3) is 3.93. The molecule has 0 aliphatic rings. The molecule has 0 fully saturated rings. The maximum absolute atomic E-state index is 8.88. The van der Waals surface area contributed by atoms with Gasteiger partial charge in [0.05, 0.1) is 6.61 Å². The molecule has 1 heteroatoms.